The van der Waals surface area contributed by atoms with E-state index in [-0.39, 0.29) is 10.3 Å². The van der Waals surface area contributed by atoms with Crippen molar-refractivity contribution in [2.24, 2.45) is 5.41 Å². The zero-order valence-electron chi connectivity index (χ0n) is 16.0. The number of piperidine rings is 2. The fourth-order valence-corrected chi connectivity index (χ4v) is 6.37. The summed E-state index contributed by atoms with van der Waals surface area (Å²) in [6.07, 6.45) is 4.23. The molecular formula is C20H27N3O3S. The smallest absolute Gasteiger partial charge is 0.248 e. The second-order valence-corrected chi connectivity index (χ2v) is 10.1. The van der Waals surface area contributed by atoms with Crippen LogP contribution < -0.4 is 0 Å². The molecule has 0 saturated carbocycles. The number of aromatic nitrogens is 1. The summed E-state index contributed by atoms with van der Waals surface area (Å²) in [5, 5.41) is 3.63. The first-order valence-electron chi connectivity index (χ1n) is 9.55. The van der Waals surface area contributed by atoms with E-state index in [1.165, 1.54) is 11.8 Å². The fourth-order valence-electron chi connectivity index (χ4n) is 4.85. The molecule has 0 radical (unpaired) electrons. The largest absolute Gasteiger partial charge is 0.360 e. The Hall–Kier alpha value is -1.70. The summed E-state index contributed by atoms with van der Waals surface area (Å²) < 4.78 is 32.4. The third-order valence-electron chi connectivity index (χ3n) is 6.20. The van der Waals surface area contributed by atoms with Crippen molar-refractivity contribution in [3.8, 4) is 0 Å². The lowest BCUT2D eigenvalue weighted by atomic mass is 9.68. The summed E-state index contributed by atoms with van der Waals surface area (Å²) in [5.41, 5.74) is 1.57. The SMILES string of the molecule is Cc1oncc1S(=O)(=O)N1CCC2(CC1)C[C@H](c1ccccc1)CN(C)C2. The number of hydrogen-bond acceptors (Lipinski definition) is 5. The highest BCUT2D eigenvalue weighted by Crippen LogP contribution is 2.45. The normalized spacial score (nSPS) is 24.3. The van der Waals surface area contributed by atoms with Crippen LogP contribution in [-0.2, 0) is 10.0 Å². The first-order chi connectivity index (χ1) is 12.9. The fraction of sp³-hybridized carbons (Fsp3) is 0.550. The molecule has 2 saturated heterocycles. The van der Waals surface area contributed by atoms with Crippen LogP contribution >= 0.6 is 0 Å². The minimum Gasteiger partial charge on any atom is -0.360 e. The van der Waals surface area contributed by atoms with Crippen molar-refractivity contribution in [3.05, 3.63) is 47.9 Å². The lowest BCUT2D eigenvalue weighted by molar-refractivity contribution is 0.0441. The van der Waals surface area contributed by atoms with Crippen LogP contribution in [-0.4, -0.2) is 56.0 Å². The van der Waals surface area contributed by atoms with E-state index in [4.69, 9.17) is 4.52 Å². The second kappa shape index (κ2) is 7.04. The van der Waals surface area contributed by atoms with Crippen LogP contribution in [0.3, 0.4) is 0 Å². The lowest BCUT2D eigenvalue weighted by Gasteiger charge is -2.49. The molecule has 7 heteroatoms. The Morgan fingerprint density at radius 2 is 1.89 bits per heavy atom. The molecule has 146 valence electrons. The van der Waals surface area contributed by atoms with Crippen LogP contribution in [0.4, 0.5) is 0 Å². The molecule has 2 aromatic rings. The molecule has 0 unspecified atom stereocenters. The molecule has 6 nitrogen and oxygen atoms in total. The van der Waals surface area contributed by atoms with Gasteiger partial charge < -0.3 is 9.42 Å². The lowest BCUT2D eigenvalue weighted by Crippen LogP contribution is -2.51. The number of rotatable bonds is 3. The zero-order valence-corrected chi connectivity index (χ0v) is 16.8. The first kappa shape index (κ1) is 18.7. The first-order valence-corrected chi connectivity index (χ1v) is 11.0. The van der Waals surface area contributed by atoms with E-state index in [2.05, 4.69) is 47.4 Å². The summed E-state index contributed by atoms with van der Waals surface area (Å²) >= 11 is 0. The summed E-state index contributed by atoms with van der Waals surface area (Å²) in [7, 11) is -1.34. The Morgan fingerprint density at radius 1 is 1.19 bits per heavy atom. The number of benzene rings is 1. The molecule has 2 aliphatic rings. The molecule has 1 spiro atoms. The molecule has 4 rings (SSSR count). The van der Waals surface area contributed by atoms with Gasteiger partial charge in [0.05, 0.1) is 6.20 Å². The number of aryl methyl sites for hydroxylation is 1. The Morgan fingerprint density at radius 3 is 2.52 bits per heavy atom. The topological polar surface area (TPSA) is 66.7 Å². The summed E-state index contributed by atoms with van der Waals surface area (Å²) in [6.45, 7) is 4.86. The second-order valence-electron chi connectivity index (χ2n) is 8.16. The van der Waals surface area contributed by atoms with Crippen molar-refractivity contribution in [1.82, 2.24) is 14.4 Å². The van der Waals surface area contributed by atoms with Crippen molar-refractivity contribution in [1.29, 1.82) is 0 Å². The monoisotopic (exact) mass is 389 g/mol. The van der Waals surface area contributed by atoms with Crippen LogP contribution in [0.5, 0.6) is 0 Å². The molecule has 2 aliphatic heterocycles. The Bertz CT molecular complexity index is 886. The highest BCUT2D eigenvalue weighted by Gasteiger charge is 2.43. The van der Waals surface area contributed by atoms with Crippen molar-refractivity contribution < 1.29 is 12.9 Å². The molecule has 0 amide bonds. The Kier molecular flexibility index (Phi) is 4.86. The van der Waals surface area contributed by atoms with Crippen LogP contribution in [0, 0.1) is 12.3 Å². The van der Waals surface area contributed by atoms with Crippen LogP contribution in [0.2, 0.25) is 0 Å². The number of hydrogen-bond donors (Lipinski definition) is 0. The molecule has 1 atom stereocenters. The number of nitrogens with zero attached hydrogens (tertiary/aromatic N) is 3. The van der Waals surface area contributed by atoms with Crippen LogP contribution in [0.1, 0.15) is 36.5 Å². The molecule has 27 heavy (non-hydrogen) atoms. The van der Waals surface area contributed by atoms with Gasteiger partial charge in [-0.3, -0.25) is 0 Å². The third-order valence-corrected chi connectivity index (χ3v) is 8.19. The average Bonchev–Trinajstić information content (AvgIpc) is 3.09. The van der Waals surface area contributed by atoms with Crippen molar-refractivity contribution in [2.45, 2.75) is 37.0 Å². The maximum Gasteiger partial charge on any atom is 0.248 e. The molecular weight excluding hydrogens is 362 g/mol. The third kappa shape index (κ3) is 3.56. The van der Waals surface area contributed by atoms with E-state index in [0.717, 1.165) is 32.4 Å². The van der Waals surface area contributed by atoms with Crippen molar-refractivity contribution >= 4 is 10.0 Å². The highest BCUT2D eigenvalue weighted by molar-refractivity contribution is 7.89. The maximum absolute atomic E-state index is 12.9. The molecule has 1 aromatic heterocycles. The van der Waals surface area contributed by atoms with E-state index in [1.807, 2.05) is 0 Å². The molecule has 0 N–H and O–H groups in total. The molecule has 0 aliphatic carbocycles. The van der Waals surface area contributed by atoms with Gasteiger partial charge >= 0.3 is 0 Å². The van der Waals surface area contributed by atoms with Gasteiger partial charge in [0.2, 0.25) is 10.0 Å². The van der Waals surface area contributed by atoms with Gasteiger partial charge in [0.15, 0.2) is 5.76 Å². The minimum atomic E-state index is -3.52. The predicted octanol–water partition coefficient (Wildman–Crippen LogP) is 2.87. The zero-order chi connectivity index (χ0) is 19.1. The van der Waals surface area contributed by atoms with Gasteiger partial charge in [-0.2, -0.15) is 4.31 Å². The van der Waals surface area contributed by atoms with Gasteiger partial charge in [0, 0.05) is 26.2 Å². The standard InChI is InChI=1S/C20H27N3O3S/c1-16-19(13-21-26-16)27(24,25)23-10-8-20(9-11-23)12-18(14-22(2)15-20)17-6-4-3-5-7-17/h3-7,13,18H,8-12,14-15H2,1-2H3/t18-/m0/s1. The molecule has 0 bridgehead atoms. The highest BCUT2D eigenvalue weighted by atomic mass is 32.2. The van der Waals surface area contributed by atoms with E-state index < -0.39 is 10.0 Å². The van der Waals surface area contributed by atoms with Crippen LogP contribution in [0.25, 0.3) is 0 Å². The Balaban J connectivity index is 1.50. The van der Waals surface area contributed by atoms with E-state index in [9.17, 15) is 8.42 Å². The van der Waals surface area contributed by atoms with Crippen molar-refractivity contribution in [3.63, 3.8) is 0 Å². The summed E-state index contributed by atoms with van der Waals surface area (Å²) in [4.78, 5) is 2.61. The number of likely N-dealkylation sites (N-methyl/N-ethyl adjacent to an activating group) is 1. The number of likely N-dealkylation sites (tertiary alicyclic amines) is 1. The maximum atomic E-state index is 12.9. The van der Waals surface area contributed by atoms with Gasteiger partial charge in [-0.1, -0.05) is 35.5 Å². The predicted molar refractivity (Wildman–Crippen MR) is 103 cm³/mol. The quantitative estimate of drug-likeness (QED) is 0.808. The summed E-state index contributed by atoms with van der Waals surface area (Å²) in [6, 6.07) is 10.7. The van der Waals surface area contributed by atoms with Crippen LogP contribution in [0.15, 0.2) is 45.9 Å². The molecule has 1 aromatic carbocycles. The number of sulfonamides is 1. The average molecular weight is 390 g/mol. The Labute approximate surface area is 161 Å². The molecule has 3 heterocycles. The summed E-state index contributed by atoms with van der Waals surface area (Å²) in [5.74, 6) is 0.866. The minimum absolute atomic E-state index is 0.184. The van der Waals surface area contributed by atoms with Gasteiger partial charge in [-0.25, -0.2) is 8.42 Å². The van der Waals surface area contributed by atoms with Gasteiger partial charge in [0.25, 0.3) is 0 Å². The van der Waals surface area contributed by atoms with E-state index in [0.29, 0.717) is 24.8 Å². The van der Waals surface area contributed by atoms with Gasteiger partial charge in [-0.15, -0.1) is 0 Å². The molecule has 2 fully saturated rings. The van der Waals surface area contributed by atoms with Crippen molar-refractivity contribution in [2.75, 3.05) is 33.2 Å². The van der Waals surface area contributed by atoms with E-state index in [1.54, 1.807) is 11.2 Å². The van der Waals surface area contributed by atoms with Gasteiger partial charge in [-0.05, 0) is 50.1 Å². The van der Waals surface area contributed by atoms with E-state index >= 15 is 0 Å². The van der Waals surface area contributed by atoms with Gasteiger partial charge in [0.1, 0.15) is 4.90 Å².